The lowest BCUT2D eigenvalue weighted by atomic mass is 10.1. The highest BCUT2D eigenvalue weighted by Crippen LogP contribution is 2.17. The van der Waals surface area contributed by atoms with Gasteiger partial charge in [0.1, 0.15) is 11.4 Å². The largest absolute Gasteiger partial charge is 0.394 e. The van der Waals surface area contributed by atoms with Gasteiger partial charge in [0.25, 0.3) is 5.91 Å². The van der Waals surface area contributed by atoms with Crippen molar-refractivity contribution < 1.29 is 14.6 Å². The van der Waals surface area contributed by atoms with Gasteiger partial charge >= 0.3 is 0 Å². The number of aromatic amines is 1. The highest BCUT2D eigenvalue weighted by Gasteiger charge is 2.31. The summed E-state index contributed by atoms with van der Waals surface area (Å²) in [5, 5.41) is 15.3. The Kier molecular flexibility index (Phi) is 3.30. The summed E-state index contributed by atoms with van der Waals surface area (Å²) in [5.74, 6) is 0.0692. The molecule has 0 bridgehead atoms. The van der Waals surface area contributed by atoms with Crippen molar-refractivity contribution in [3.63, 3.8) is 0 Å². The molecular formula is C10H16N4O3. The first kappa shape index (κ1) is 11.9. The maximum Gasteiger partial charge on any atom is 0.259 e. The van der Waals surface area contributed by atoms with Crippen LogP contribution < -0.4 is 5.73 Å². The van der Waals surface area contributed by atoms with Crippen molar-refractivity contribution in [2.45, 2.75) is 19.1 Å². The number of hydrogen-bond donors (Lipinski definition) is 3. The minimum atomic E-state index is -0.330. The Hall–Kier alpha value is -1.60. The minimum absolute atomic E-state index is 0.0420. The second kappa shape index (κ2) is 4.72. The van der Waals surface area contributed by atoms with E-state index in [2.05, 4.69) is 10.2 Å². The maximum atomic E-state index is 12.2. The Balaban J connectivity index is 2.15. The highest BCUT2D eigenvalue weighted by atomic mass is 16.5. The standard InChI is InChI=1S/C10H16N4O3/c1-6-5-17-7(4-15)3-14(6)10(16)8-2-12-13-9(8)11/h2,6-7,15H,3-5H2,1H3,(H3,11,12,13). The predicted molar refractivity (Wildman–Crippen MR) is 60.3 cm³/mol. The zero-order chi connectivity index (χ0) is 12.4. The SMILES string of the molecule is CC1COC(CO)CN1C(=O)c1cn[nH]c1N. The molecule has 94 valence electrons. The molecule has 7 heteroatoms. The van der Waals surface area contributed by atoms with Crippen molar-refractivity contribution in [1.82, 2.24) is 15.1 Å². The molecule has 1 aliphatic rings. The number of ether oxygens (including phenoxy) is 1. The van der Waals surface area contributed by atoms with Crippen LogP contribution in [-0.2, 0) is 4.74 Å². The number of nitrogen functional groups attached to an aromatic ring is 1. The molecule has 2 atom stereocenters. The van der Waals surface area contributed by atoms with Crippen LogP contribution >= 0.6 is 0 Å². The number of carbonyl (C=O) groups excluding carboxylic acids is 1. The van der Waals surface area contributed by atoms with E-state index in [1.165, 1.54) is 6.20 Å². The molecule has 1 aliphatic heterocycles. The van der Waals surface area contributed by atoms with E-state index in [4.69, 9.17) is 15.6 Å². The van der Waals surface area contributed by atoms with Crippen LogP contribution in [0.2, 0.25) is 0 Å². The van der Waals surface area contributed by atoms with E-state index < -0.39 is 0 Å². The van der Waals surface area contributed by atoms with E-state index in [-0.39, 0.29) is 30.5 Å². The van der Waals surface area contributed by atoms with Crippen LogP contribution in [0.1, 0.15) is 17.3 Å². The summed E-state index contributed by atoms with van der Waals surface area (Å²) >= 11 is 0. The lowest BCUT2D eigenvalue weighted by molar-refractivity contribution is -0.0667. The van der Waals surface area contributed by atoms with E-state index in [9.17, 15) is 4.79 Å². The number of hydrogen-bond acceptors (Lipinski definition) is 5. The number of nitrogens with one attached hydrogen (secondary N) is 1. The van der Waals surface area contributed by atoms with E-state index in [0.717, 1.165) is 0 Å². The summed E-state index contributed by atoms with van der Waals surface area (Å²) in [7, 11) is 0. The molecule has 17 heavy (non-hydrogen) atoms. The fourth-order valence-electron chi connectivity index (χ4n) is 1.83. The first-order valence-electron chi connectivity index (χ1n) is 5.45. The fraction of sp³-hybridized carbons (Fsp3) is 0.600. The minimum Gasteiger partial charge on any atom is -0.394 e. The van der Waals surface area contributed by atoms with Gasteiger partial charge in [-0.05, 0) is 6.92 Å². The van der Waals surface area contributed by atoms with Crippen molar-refractivity contribution in [3.05, 3.63) is 11.8 Å². The van der Waals surface area contributed by atoms with Crippen molar-refractivity contribution in [2.24, 2.45) is 0 Å². The number of nitrogens with zero attached hydrogens (tertiary/aromatic N) is 2. The lowest BCUT2D eigenvalue weighted by Gasteiger charge is -2.37. The van der Waals surface area contributed by atoms with Crippen LogP contribution in [0.4, 0.5) is 5.82 Å². The third-order valence-electron chi connectivity index (χ3n) is 2.87. The molecule has 0 radical (unpaired) electrons. The van der Waals surface area contributed by atoms with Gasteiger partial charge in [-0.3, -0.25) is 9.89 Å². The first-order valence-corrected chi connectivity index (χ1v) is 5.45. The Morgan fingerprint density at radius 3 is 3.18 bits per heavy atom. The van der Waals surface area contributed by atoms with Crippen molar-refractivity contribution in [3.8, 4) is 0 Å². The van der Waals surface area contributed by atoms with E-state index in [1.54, 1.807) is 4.90 Å². The molecule has 0 spiro atoms. The number of carbonyl (C=O) groups is 1. The van der Waals surface area contributed by atoms with E-state index >= 15 is 0 Å². The Labute approximate surface area is 98.5 Å². The van der Waals surface area contributed by atoms with Gasteiger partial charge in [0.15, 0.2) is 0 Å². The van der Waals surface area contributed by atoms with Gasteiger partial charge in [-0.15, -0.1) is 0 Å². The monoisotopic (exact) mass is 240 g/mol. The highest BCUT2D eigenvalue weighted by molar-refractivity contribution is 5.98. The molecule has 1 fully saturated rings. The van der Waals surface area contributed by atoms with Crippen molar-refractivity contribution >= 4 is 11.7 Å². The molecule has 0 saturated carbocycles. The summed E-state index contributed by atoms with van der Waals surface area (Å²) in [6.45, 7) is 2.56. The number of rotatable bonds is 2. The molecule has 2 unspecified atom stereocenters. The molecule has 1 aromatic rings. The van der Waals surface area contributed by atoms with Crippen LogP contribution in [0.3, 0.4) is 0 Å². The lowest BCUT2D eigenvalue weighted by Crippen LogP contribution is -2.52. The Morgan fingerprint density at radius 1 is 1.82 bits per heavy atom. The smallest absolute Gasteiger partial charge is 0.259 e. The summed E-state index contributed by atoms with van der Waals surface area (Å²) < 4.78 is 5.37. The molecule has 1 saturated heterocycles. The van der Waals surface area contributed by atoms with Crippen LogP contribution in [0, 0.1) is 0 Å². The molecule has 4 N–H and O–H groups in total. The Bertz CT molecular complexity index is 406. The third-order valence-corrected chi connectivity index (χ3v) is 2.87. The van der Waals surface area contributed by atoms with Gasteiger partial charge in [-0.2, -0.15) is 5.10 Å². The molecular weight excluding hydrogens is 224 g/mol. The summed E-state index contributed by atoms with van der Waals surface area (Å²) in [4.78, 5) is 13.8. The van der Waals surface area contributed by atoms with Gasteiger partial charge in [0, 0.05) is 6.54 Å². The van der Waals surface area contributed by atoms with Crippen molar-refractivity contribution in [1.29, 1.82) is 0 Å². The number of aliphatic hydroxyl groups excluding tert-OH is 1. The summed E-state index contributed by atoms with van der Waals surface area (Å²) in [6.07, 6.45) is 1.08. The molecule has 2 heterocycles. The van der Waals surface area contributed by atoms with Crippen LogP contribution in [0.25, 0.3) is 0 Å². The summed E-state index contributed by atoms with van der Waals surface area (Å²) in [5.41, 5.74) is 5.97. The van der Waals surface area contributed by atoms with Gasteiger partial charge in [-0.1, -0.05) is 0 Å². The number of aliphatic hydroxyl groups is 1. The molecule has 0 aromatic carbocycles. The van der Waals surface area contributed by atoms with Crippen molar-refractivity contribution in [2.75, 3.05) is 25.5 Å². The topological polar surface area (TPSA) is 104 Å². The maximum absolute atomic E-state index is 12.2. The van der Waals surface area contributed by atoms with E-state index in [1.807, 2.05) is 6.92 Å². The molecule has 1 amide bonds. The average molecular weight is 240 g/mol. The van der Waals surface area contributed by atoms with Gasteiger partial charge in [-0.25, -0.2) is 0 Å². The second-order valence-electron chi connectivity index (χ2n) is 4.14. The fourth-order valence-corrected chi connectivity index (χ4v) is 1.83. The number of anilines is 1. The van der Waals surface area contributed by atoms with Gasteiger partial charge in [0.05, 0.1) is 31.6 Å². The molecule has 0 aliphatic carbocycles. The second-order valence-corrected chi connectivity index (χ2v) is 4.14. The number of amides is 1. The van der Waals surface area contributed by atoms with Crippen LogP contribution in [-0.4, -0.2) is 58.0 Å². The quantitative estimate of drug-likeness (QED) is 0.628. The third kappa shape index (κ3) is 2.25. The predicted octanol–water partition coefficient (Wildman–Crippen LogP) is -0.786. The van der Waals surface area contributed by atoms with Gasteiger partial charge < -0.3 is 20.5 Å². The number of H-pyrrole nitrogens is 1. The summed E-state index contributed by atoms with van der Waals surface area (Å²) in [6, 6.07) is -0.0420. The van der Waals surface area contributed by atoms with Crippen LogP contribution in [0.15, 0.2) is 6.20 Å². The van der Waals surface area contributed by atoms with Gasteiger partial charge in [0.2, 0.25) is 0 Å². The number of morpholine rings is 1. The molecule has 2 rings (SSSR count). The zero-order valence-corrected chi connectivity index (χ0v) is 9.59. The first-order chi connectivity index (χ1) is 8.13. The van der Waals surface area contributed by atoms with E-state index in [0.29, 0.717) is 18.7 Å². The zero-order valence-electron chi connectivity index (χ0n) is 9.59. The number of nitrogens with two attached hydrogens (primary N) is 1. The average Bonchev–Trinajstić information content (AvgIpc) is 2.75. The Morgan fingerprint density at radius 2 is 2.59 bits per heavy atom. The number of aromatic nitrogens is 2. The van der Waals surface area contributed by atoms with Crippen LogP contribution in [0.5, 0.6) is 0 Å². The normalized spacial score (nSPS) is 24.9. The molecule has 7 nitrogen and oxygen atoms in total. The molecule has 1 aromatic heterocycles.